The Morgan fingerprint density at radius 3 is 2.40 bits per heavy atom. The summed E-state index contributed by atoms with van der Waals surface area (Å²) < 4.78 is 5.75. The van der Waals surface area contributed by atoms with E-state index in [2.05, 4.69) is 22.4 Å². The third kappa shape index (κ3) is 3.01. The maximum absolute atomic E-state index is 8.86. The van der Waals surface area contributed by atoms with Gasteiger partial charge >= 0.3 is 0 Å². The molecule has 0 spiro atoms. The van der Waals surface area contributed by atoms with Crippen LogP contribution >= 0.6 is 11.8 Å². The van der Waals surface area contributed by atoms with Gasteiger partial charge < -0.3 is 4.74 Å². The first-order chi connectivity index (χ1) is 12.2. The molecule has 0 amide bonds. The van der Waals surface area contributed by atoms with E-state index in [0.717, 1.165) is 29.2 Å². The number of amidine groups is 1. The van der Waals surface area contributed by atoms with E-state index in [0.29, 0.717) is 5.17 Å². The summed E-state index contributed by atoms with van der Waals surface area (Å²) in [5, 5.41) is 12.1. The first-order valence-electron chi connectivity index (χ1n) is 9.12. The molecule has 0 unspecified atom stereocenters. The summed E-state index contributed by atoms with van der Waals surface area (Å²) >= 11 is 1.45. The van der Waals surface area contributed by atoms with Gasteiger partial charge in [0, 0.05) is 5.56 Å². The van der Waals surface area contributed by atoms with E-state index in [9.17, 15) is 0 Å². The van der Waals surface area contributed by atoms with Crippen LogP contribution in [0.1, 0.15) is 44.1 Å². The van der Waals surface area contributed by atoms with E-state index in [1.54, 1.807) is 7.11 Å². The molecule has 0 heterocycles. The maximum Gasteiger partial charge on any atom is 0.183 e. The minimum Gasteiger partial charge on any atom is -0.496 e. The van der Waals surface area contributed by atoms with Crippen LogP contribution in [0.25, 0.3) is 0 Å². The van der Waals surface area contributed by atoms with E-state index in [-0.39, 0.29) is 5.41 Å². The number of methoxy groups -OCH3 is 1. The summed E-state index contributed by atoms with van der Waals surface area (Å²) in [4.78, 5) is 4.62. The lowest BCUT2D eigenvalue weighted by molar-refractivity contribution is -0.00613. The van der Waals surface area contributed by atoms with Crippen LogP contribution in [0.2, 0.25) is 0 Å². The van der Waals surface area contributed by atoms with Gasteiger partial charge in [0.05, 0.1) is 12.8 Å². The van der Waals surface area contributed by atoms with Crippen molar-refractivity contribution in [2.24, 2.45) is 22.7 Å². The summed E-state index contributed by atoms with van der Waals surface area (Å²) in [5.41, 5.74) is 2.51. The van der Waals surface area contributed by atoms with E-state index in [1.165, 1.54) is 55.9 Å². The number of benzene rings is 1. The highest BCUT2D eigenvalue weighted by Crippen LogP contribution is 2.62. The molecule has 5 rings (SSSR count). The predicted molar refractivity (Wildman–Crippen MR) is 102 cm³/mol. The van der Waals surface area contributed by atoms with Crippen LogP contribution < -0.4 is 10.1 Å². The Kier molecular flexibility index (Phi) is 4.41. The SMILES string of the molecule is COc1ccc(N=C(NC#N)SC)cc1C12CC3CC(CC(C3)C1)C2. The molecule has 1 aromatic carbocycles. The molecule has 132 valence electrons. The van der Waals surface area contributed by atoms with Gasteiger partial charge in [0.2, 0.25) is 0 Å². The molecule has 4 bridgehead atoms. The van der Waals surface area contributed by atoms with Crippen molar-refractivity contribution < 1.29 is 4.74 Å². The smallest absolute Gasteiger partial charge is 0.183 e. The molecule has 4 fully saturated rings. The molecule has 1 aromatic rings. The van der Waals surface area contributed by atoms with Crippen molar-refractivity contribution in [2.45, 2.75) is 43.9 Å². The molecule has 0 aliphatic heterocycles. The molecule has 0 saturated heterocycles. The number of nitriles is 1. The second-order valence-electron chi connectivity index (χ2n) is 7.94. The molecule has 4 saturated carbocycles. The molecular formula is C20H25N3OS. The highest BCUT2D eigenvalue weighted by molar-refractivity contribution is 8.13. The Morgan fingerprint density at radius 2 is 1.88 bits per heavy atom. The van der Waals surface area contributed by atoms with Gasteiger partial charge in [0.25, 0.3) is 0 Å². The van der Waals surface area contributed by atoms with Crippen molar-refractivity contribution in [3.8, 4) is 11.9 Å². The van der Waals surface area contributed by atoms with Crippen LogP contribution in [-0.2, 0) is 5.41 Å². The van der Waals surface area contributed by atoms with Crippen molar-refractivity contribution >= 4 is 22.6 Å². The van der Waals surface area contributed by atoms with E-state index >= 15 is 0 Å². The van der Waals surface area contributed by atoms with Crippen LogP contribution in [0.5, 0.6) is 5.75 Å². The maximum atomic E-state index is 8.86. The fraction of sp³-hybridized carbons (Fsp3) is 0.600. The van der Waals surface area contributed by atoms with Gasteiger partial charge in [0.15, 0.2) is 11.4 Å². The van der Waals surface area contributed by atoms with Crippen molar-refractivity contribution in [1.29, 1.82) is 5.26 Å². The number of ether oxygens (including phenoxy) is 1. The summed E-state index contributed by atoms with van der Waals surface area (Å²) in [5.74, 6) is 3.68. The summed E-state index contributed by atoms with van der Waals surface area (Å²) in [7, 11) is 1.77. The first kappa shape index (κ1) is 16.8. The van der Waals surface area contributed by atoms with Crippen LogP contribution in [0, 0.1) is 29.2 Å². The quantitative estimate of drug-likeness (QED) is 0.373. The Bertz CT molecular complexity index is 702. The van der Waals surface area contributed by atoms with Gasteiger partial charge in [-0.2, -0.15) is 5.26 Å². The standard InChI is InChI=1S/C20H25N3OS/c1-24-18-4-3-16(23-19(25-2)22-12-21)8-17(18)20-9-13-5-14(10-20)7-15(6-13)11-20/h3-4,8,13-15H,5-7,9-11H2,1-2H3,(H,22,23). The third-order valence-corrected chi connectivity index (χ3v) is 6.96. The molecule has 4 nitrogen and oxygen atoms in total. The number of rotatable bonds is 3. The average molecular weight is 356 g/mol. The predicted octanol–water partition coefficient (Wildman–Crippen LogP) is 4.58. The molecule has 0 atom stereocenters. The molecule has 25 heavy (non-hydrogen) atoms. The van der Waals surface area contributed by atoms with Gasteiger partial charge in [-0.1, -0.05) is 11.8 Å². The monoisotopic (exact) mass is 355 g/mol. The highest BCUT2D eigenvalue weighted by Gasteiger charge is 2.52. The minimum atomic E-state index is 0.272. The number of hydrogen-bond donors (Lipinski definition) is 1. The normalized spacial score (nSPS) is 33.2. The average Bonchev–Trinajstić information content (AvgIpc) is 2.60. The second-order valence-corrected chi connectivity index (χ2v) is 8.74. The Morgan fingerprint density at radius 1 is 1.24 bits per heavy atom. The van der Waals surface area contributed by atoms with Crippen LogP contribution in [0.15, 0.2) is 23.2 Å². The van der Waals surface area contributed by atoms with E-state index in [4.69, 9.17) is 10.00 Å². The summed E-state index contributed by atoms with van der Waals surface area (Å²) in [6, 6.07) is 6.25. The van der Waals surface area contributed by atoms with Crippen LogP contribution in [-0.4, -0.2) is 18.5 Å². The zero-order chi connectivity index (χ0) is 17.4. The summed E-state index contributed by atoms with van der Waals surface area (Å²) in [6.45, 7) is 0. The molecule has 1 N–H and O–H groups in total. The topological polar surface area (TPSA) is 57.4 Å². The van der Waals surface area contributed by atoms with Gasteiger partial charge in [-0.3, -0.25) is 5.32 Å². The van der Waals surface area contributed by atoms with Crippen molar-refractivity contribution in [3.05, 3.63) is 23.8 Å². The Balaban J connectivity index is 1.74. The zero-order valence-electron chi connectivity index (χ0n) is 14.9. The zero-order valence-corrected chi connectivity index (χ0v) is 15.7. The third-order valence-electron chi connectivity index (χ3n) is 6.38. The minimum absolute atomic E-state index is 0.272. The van der Waals surface area contributed by atoms with Gasteiger partial charge in [-0.15, -0.1) is 0 Å². The molecule has 4 aliphatic carbocycles. The number of aliphatic imine (C=N–C) groups is 1. The molecule has 5 heteroatoms. The van der Waals surface area contributed by atoms with Gasteiger partial charge in [0.1, 0.15) is 5.75 Å². The number of nitrogens with one attached hydrogen (secondary N) is 1. The van der Waals surface area contributed by atoms with E-state index in [1.807, 2.05) is 18.5 Å². The molecule has 0 radical (unpaired) electrons. The fourth-order valence-corrected chi connectivity index (χ4v) is 6.25. The van der Waals surface area contributed by atoms with Gasteiger partial charge in [-0.05, 0) is 86.1 Å². The van der Waals surface area contributed by atoms with Crippen LogP contribution in [0.3, 0.4) is 0 Å². The number of nitrogens with zero attached hydrogens (tertiary/aromatic N) is 2. The first-order valence-corrected chi connectivity index (χ1v) is 10.3. The van der Waals surface area contributed by atoms with Crippen molar-refractivity contribution in [3.63, 3.8) is 0 Å². The highest BCUT2D eigenvalue weighted by atomic mass is 32.2. The lowest BCUT2D eigenvalue weighted by Gasteiger charge is -2.57. The Labute approximate surface area is 154 Å². The molecule has 4 aliphatic rings. The lowest BCUT2D eigenvalue weighted by atomic mass is 9.48. The van der Waals surface area contributed by atoms with Crippen LogP contribution in [0.4, 0.5) is 5.69 Å². The van der Waals surface area contributed by atoms with Crippen molar-refractivity contribution in [2.75, 3.05) is 13.4 Å². The van der Waals surface area contributed by atoms with Crippen molar-refractivity contribution in [1.82, 2.24) is 5.32 Å². The fourth-order valence-electron chi connectivity index (χ4n) is 5.91. The molecule has 0 aromatic heterocycles. The van der Waals surface area contributed by atoms with E-state index < -0.39 is 0 Å². The Hall–Kier alpha value is -1.67. The molecular weight excluding hydrogens is 330 g/mol. The summed E-state index contributed by atoms with van der Waals surface area (Å²) in [6.07, 6.45) is 12.1. The van der Waals surface area contributed by atoms with Gasteiger partial charge in [-0.25, -0.2) is 4.99 Å². The number of thioether (sulfide) groups is 1. The largest absolute Gasteiger partial charge is 0.496 e. The lowest BCUT2D eigenvalue weighted by Crippen LogP contribution is -2.48. The second kappa shape index (κ2) is 6.57. The number of hydrogen-bond acceptors (Lipinski definition) is 4.